The van der Waals surface area contributed by atoms with Crippen LogP contribution in [0.5, 0.6) is 0 Å². The van der Waals surface area contributed by atoms with Gasteiger partial charge in [-0.2, -0.15) is 0 Å². The van der Waals surface area contributed by atoms with Gasteiger partial charge in [-0.1, -0.05) is 29.8 Å². The van der Waals surface area contributed by atoms with E-state index in [9.17, 15) is 13.6 Å². The van der Waals surface area contributed by atoms with Crippen LogP contribution in [-0.2, 0) is 0 Å². The van der Waals surface area contributed by atoms with Crippen molar-refractivity contribution in [2.24, 2.45) is 5.92 Å². The van der Waals surface area contributed by atoms with E-state index >= 15 is 0 Å². The number of halogens is 3. The standard InChI is InChI=1S/C16H11ClF2O/c17-10-6-4-9(5-7-10)11-8-12(11)16(20)15-13(18)2-1-3-14(15)19/h1-7,11-12H,8H2. The van der Waals surface area contributed by atoms with Gasteiger partial charge >= 0.3 is 0 Å². The molecular weight excluding hydrogens is 282 g/mol. The highest BCUT2D eigenvalue weighted by molar-refractivity contribution is 6.30. The van der Waals surface area contributed by atoms with Crippen molar-refractivity contribution in [3.8, 4) is 0 Å². The molecule has 1 fully saturated rings. The van der Waals surface area contributed by atoms with E-state index < -0.39 is 23.0 Å². The van der Waals surface area contributed by atoms with E-state index in [2.05, 4.69) is 0 Å². The van der Waals surface area contributed by atoms with Crippen LogP contribution in [0.25, 0.3) is 0 Å². The number of carbonyl (C=O) groups is 1. The van der Waals surface area contributed by atoms with Gasteiger partial charge in [0.25, 0.3) is 0 Å². The molecule has 1 saturated carbocycles. The molecule has 0 radical (unpaired) electrons. The van der Waals surface area contributed by atoms with Crippen LogP contribution in [0.1, 0.15) is 28.3 Å². The first kappa shape index (κ1) is 13.3. The summed E-state index contributed by atoms with van der Waals surface area (Å²) in [6.07, 6.45) is 0.619. The fraction of sp³-hybridized carbons (Fsp3) is 0.188. The molecule has 2 unspecified atom stereocenters. The van der Waals surface area contributed by atoms with Crippen LogP contribution in [0.15, 0.2) is 42.5 Å². The lowest BCUT2D eigenvalue weighted by molar-refractivity contribution is 0.0957. The van der Waals surface area contributed by atoms with Gasteiger partial charge < -0.3 is 0 Å². The van der Waals surface area contributed by atoms with Gasteiger partial charge in [-0.25, -0.2) is 8.78 Å². The lowest BCUT2D eigenvalue weighted by atomic mass is 10.0. The molecule has 1 aliphatic carbocycles. The molecule has 2 aromatic carbocycles. The number of Topliss-reactive ketones (excluding diaryl/α,β-unsaturated/α-hetero) is 1. The SMILES string of the molecule is O=C(c1c(F)cccc1F)C1CC1c1ccc(Cl)cc1. The topological polar surface area (TPSA) is 17.1 Å². The molecular formula is C16H11ClF2O. The molecule has 0 aliphatic heterocycles. The molecule has 20 heavy (non-hydrogen) atoms. The molecule has 0 spiro atoms. The Morgan fingerprint density at radius 3 is 2.25 bits per heavy atom. The minimum Gasteiger partial charge on any atom is -0.294 e. The van der Waals surface area contributed by atoms with E-state index in [1.807, 2.05) is 12.1 Å². The molecule has 2 aromatic rings. The van der Waals surface area contributed by atoms with Crippen molar-refractivity contribution in [1.82, 2.24) is 0 Å². The van der Waals surface area contributed by atoms with Crippen LogP contribution >= 0.6 is 11.6 Å². The number of hydrogen-bond donors (Lipinski definition) is 0. The summed E-state index contributed by atoms with van der Waals surface area (Å²) in [5, 5.41) is 0.623. The summed E-state index contributed by atoms with van der Waals surface area (Å²) in [6, 6.07) is 10.7. The second kappa shape index (κ2) is 4.98. The summed E-state index contributed by atoms with van der Waals surface area (Å²) < 4.78 is 27.2. The molecule has 0 N–H and O–H groups in total. The minimum atomic E-state index is -0.795. The van der Waals surface area contributed by atoms with Gasteiger partial charge in [0.2, 0.25) is 0 Å². The Kier molecular flexibility index (Phi) is 3.30. The third kappa shape index (κ3) is 2.34. The summed E-state index contributed by atoms with van der Waals surface area (Å²) in [6.45, 7) is 0. The first-order chi connectivity index (χ1) is 9.58. The summed E-state index contributed by atoms with van der Waals surface area (Å²) in [5.74, 6) is -2.37. The maximum atomic E-state index is 13.6. The molecule has 1 aliphatic rings. The molecule has 1 nitrogen and oxygen atoms in total. The minimum absolute atomic E-state index is 0.0266. The highest BCUT2D eigenvalue weighted by Crippen LogP contribution is 2.49. The lowest BCUT2D eigenvalue weighted by Crippen LogP contribution is -2.09. The number of hydrogen-bond acceptors (Lipinski definition) is 1. The molecule has 0 amide bonds. The summed E-state index contributed by atoms with van der Waals surface area (Å²) >= 11 is 5.81. The van der Waals surface area contributed by atoms with Gasteiger partial charge in [-0.3, -0.25) is 4.79 Å². The Balaban J connectivity index is 1.82. The lowest BCUT2D eigenvalue weighted by Gasteiger charge is -2.04. The van der Waals surface area contributed by atoms with Crippen LogP contribution in [0.4, 0.5) is 8.78 Å². The quantitative estimate of drug-likeness (QED) is 0.755. The number of benzene rings is 2. The van der Waals surface area contributed by atoms with Gasteiger partial charge in [-0.15, -0.1) is 0 Å². The zero-order valence-electron chi connectivity index (χ0n) is 10.4. The van der Waals surface area contributed by atoms with Crippen molar-refractivity contribution in [3.63, 3.8) is 0 Å². The Bertz CT molecular complexity index is 646. The highest BCUT2D eigenvalue weighted by Gasteiger charge is 2.45. The van der Waals surface area contributed by atoms with E-state index in [-0.39, 0.29) is 11.8 Å². The number of ketones is 1. The fourth-order valence-corrected chi connectivity index (χ4v) is 2.61. The summed E-state index contributed by atoms with van der Waals surface area (Å²) in [5.41, 5.74) is 0.554. The summed E-state index contributed by atoms with van der Waals surface area (Å²) in [4.78, 5) is 12.2. The smallest absolute Gasteiger partial charge is 0.172 e. The van der Waals surface area contributed by atoms with Crippen LogP contribution in [0, 0.1) is 17.6 Å². The van der Waals surface area contributed by atoms with Crippen molar-refractivity contribution in [2.45, 2.75) is 12.3 Å². The monoisotopic (exact) mass is 292 g/mol. The van der Waals surface area contributed by atoms with Gasteiger partial charge in [-0.05, 0) is 42.2 Å². The van der Waals surface area contributed by atoms with Crippen molar-refractivity contribution in [3.05, 3.63) is 70.2 Å². The van der Waals surface area contributed by atoms with Crippen molar-refractivity contribution >= 4 is 17.4 Å². The van der Waals surface area contributed by atoms with E-state index in [0.29, 0.717) is 11.4 Å². The van der Waals surface area contributed by atoms with Crippen molar-refractivity contribution in [2.75, 3.05) is 0 Å². The molecule has 0 saturated heterocycles. The Morgan fingerprint density at radius 1 is 1.05 bits per heavy atom. The second-order valence-electron chi connectivity index (χ2n) is 4.96. The van der Waals surface area contributed by atoms with Crippen LogP contribution in [0.3, 0.4) is 0 Å². The predicted molar refractivity (Wildman–Crippen MR) is 73.0 cm³/mol. The predicted octanol–water partition coefficient (Wildman–Crippen LogP) is 4.60. The molecule has 102 valence electrons. The van der Waals surface area contributed by atoms with Gasteiger partial charge in [0.15, 0.2) is 5.78 Å². The Labute approximate surface area is 120 Å². The number of carbonyl (C=O) groups excluding carboxylic acids is 1. The molecule has 4 heteroatoms. The second-order valence-corrected chi connectivity index (χ2v) is 5.40. The molecule has 0 heterocycles. The van der Waals surface area contributed by atoms with Crippen LogP contribution in [0.2, 0.25) is 5.02 Å². The zero-order valence-corrected chi connectivity index (χ0v) is 11.2. The maximum Gasteiger partial charge on any atom is 0.172 e. The molecule has 3 rings (SSSR count). The van der Waals surface area contributed by atoms with E-state index in [1.54, 1.807) is 12.1 Å². The maximum absolute atomic E-state index is 13.6. The van der Waals surface area contributed by atoms with Gasteiger partial charge in [0.05, 0.1) is 5.56 Å². The Hall–Kier alpha value is -1.74. The van der Waals surface area contributed by atoms with Crippen LogP contribution in [-0.4, -0.2) is 5.78 Å². The number of rotatable bonds is 3. The van der Waals surface area contributed by atoms with Gasteiger partial charge in [0.1, 0.15) is 11.6 Å². The van der Waals surface area contributed by atoms with Crippen LogP contribution < -0.4 is 0 Å². The normalized spacial score (nSPS) is 20.8. The first-order valence-corrected chi connectivity index (χ1v) is 6.69. The van der Waals surface area contributed by atoms with Gasteiger partial charge in [0, 0.05) is 10.9 Å². The van der Waals surface area contributed by atoms with E-state index in [4.69, 9.17) is 11.6 Å². The van der Waals surface area contributed by atoms with E-state index in [1.165, 1.54) is 6.07 Å². The van der Waals surface area contributed by atoms with E-state index in [0.717, 1.165) is 17.7 Å². The average molecular weight is 293 g/mol. The first-order valence-electron chi connectivity index (χ1n) is 6.31. The molecule has 2 atom stereocenters. The Morgan fingerprint density at radius 2 is 1.65 bits per heavy atom. The zero-order chi connectivity index (χ0) is 14.3. The molecule has 0 aromatic heterocycles. The highest BCUT2D eigenvalue weighted by atomic mass is 35.5. The average Bonchev–Trinajstić information content (AvgIpc) is 3.19. The third-order valence-electron chi connectivity index (χ3n) is 3.63. The van der Waals surface area contributed by atoms with Crippen molar-refractivity contribution < 1.29 is 13.6 Å². The van der Waals surface area contributed by atoms with Crippen molar-refractivity contribution in [1.29, 1.82) is 0 Å². The fourth-order valence-electron chi connectivity index (χ4n) is 2.48. The summed E-state index contributed by atoms with van der Waals surface area (Å²) in [7, 11) is 0. The third-order valence-corrected chi connectivity index (χ3v) is 3.89. The largest absolute Gasteiger partial charge is 0.294 e. The molecule has 0 bridgehead atoms.